The third-order valence-corrected chi connectivity index (χ3v) is 5.32. The molecule has 0 radical (unpaired) electrons. The summed E-state index contributed by atoms with van der Waals surface area (Å²) >= 11 is 0. The maximum Gasteiger partial charge on any atom is 0.323 e. The first-order valence-electron chi connectivity index (χ1n) is 10.6. The Morgan fingerprint density at radius 3 is 2.40 bits per heavy atom. The monoisotopic (exact) mass is 401 g/mol. The van der Waals surface area contributed by atoms with Gasteiger partial charge < -0.3 is 15.5 Å². The average Bonchev–Trinajstić information content (AvgIpc) is 2.80. The predicted octanol–water partition coefficient (Wildman–Crippen LogP) is 5.34. The number of benzene rings is 2. The van der Waals surface area contributed by atoms with E-state index in [0.717, 1.165) is 42.3 Å². The van der Waals surface area contributed by atoms with E-state index in [2.05, 4.69) is 32.4 Å². The van der Waals surface area contributed by atoms with Crippen LogP contribution in [0.3, 0.4) is 0 Å². The summed E-state index contributed by atoms with van der Waals surface area (Å²) in [5.41, 5.74) is 4.47. The molecule has 0 spiro atoms. The minimum atomic E-state index is -0.268. The number of nitrogens with one attached hydrogen (secondary N) is 2. The molecule has 6 nitrogen and oxygen atoms in total. The van der Waals surface area contributed by atoms with E-state index in [1.165, 1.54) is 24.8 Å². The highest BCUT2D eigenvalue weighted by Gasteiger charge is 2.18. The third kappa shape index (κ3) is 4.76. The number of aryl methyl sites for hydroxylation is 1. The van der Waals surface area contributed by atoms with E-state index in [-0.39, 0.29) is 6.03 Å². The molecule has 1 aliphatic rings. The van der Waals surface area contributed by atoms with E-state index in [1.54, 1.807) is 12.4 Å². The zero-order chi connectivity index (χ0) is 20.8. The molecule has 2 N–H and O–H groups in total. The minimum absolute atomic E-state index is 0.268. The molecule has 0 saturated carbocycles. The lowest BCUT2D eigenvalue weighted by Crippen LogP contribution is -2.30. The first-order valence-corrected chi connectivity index (χ1v) is 10.6. The van der Waals surface area contributed by atoms with Gasteiger partial charge in [-0.15, -0.1) is 0 Å². The van der Waals surface area contributed by atoms with Gasteiger partial charge in [0.05, 0.1) is 0 Å². The molecule has 2 amide bonds. The summed E-state index contributed by atoms with van der Waals surface area (Å²) in [4.78, 5) is 24.0. The fourth-order valence-electron chi connectivity index (χ4n) is 3.78. The molecule has 0 unspecified atom stereocenters. The van der Waals surface area contributed by atoms with Gasteiger partial charge in [0, 0.05) is 42.4 Å². The standard InChI is InChI=1S/C24H27N5O/c1-2-18-8-6-10-20(16-18)27-24(30)28-21-11-7-9-19(17-21)22-23(26-13-12-25-22)29-14-4-3-5-15-29/h6-13,16-17H,2-5,14-15H2,1H3,(H2,27,28,30). The molecule has 1 fully saturated rings. The molecule has 1 aromatic heterocycles. The third-order valence-electron chi connectivity index (χ3n) is 5.32. The van der Waals surface area contributed by atoms with Crippen LogP contribution in [0, 0.1) is 0 Å². The molecule has 0 aliphatic carbocycles. The smallest absolute Gasteiger partial charge is 0.323 e. The van der Waals surface area contributed by atoms with Crippen molar-refractivity contribution in [3.8, 4) is 11.3 Å². The van der Waals surface area contributed by atoms with Crippen LogP contribution < -0.4 is 15.5 Å². The maximum atomic E-state index is 12.5. The molecular formula is C24H27N5O. The second-order valence-corrected chi connectivity index (χ2v) is 7.49. The number of aromatic nitrogens is 2. The summed E-state index contributed by atoms with van der Waals surface area (Å²) < 4.78 is 0. The normalized spacial score (nSPS) is 13.7. The Balaban J connectivity index is 1.51. The second-order valence-electron chi connectivity index (χ2n) is 7.49. The Labute approximate surface area is 177 Å². The van der Waals surface area contributed by atoms with Crippen LogP contribution >= 0.6 is 0 Å². The Bertz CT molecular complexity index is 1010. The number of carbonyl (C=O) groups excluding carboxylic acids is 1. The highest BCUT2D eigenvalue weighted by atomic mass is 16.2. The Morgan fingerprint density at radius 1 is 0.933 bits per heavy atom. The van der Waals surface area contributed by atoms with E-state index in [1.807, 2.05) is 48.5 Å². The summed E-state index contributed by atoms with van der Waals surface area (Å²) in [5, 5.41) is 5.83. The number of carbonyl (C=O) groups is 1. The zero-order valence-electron chi connectivity index (χ0n) is 17.3. The van der Waals surface area contributed by atoms with Crippen molar-refractivity contribution in [2.24, 2.45) is 0 Å². The van der Waals surface area contributed by atoms with Gasteiger partial charge in [0.2, 0.25) is 0 Å². The molecule has 2 heterocycles. The van der Waals surface area contributed by atoms with Crippen molar-refractivity contribution in [2.75, 3.05) is 28.6 Å². The number of rotatable bonds is 5. The van der Waals surface area contributed by atoms with Crippen LogP contribution in [-0.4, -0.2) is 29.1 Å². The number of hydrogen-bond donors (Lipinski definition) is 2. The van der Waals surface area contributed by atoms with E-state index >= 15 is 0 Å². The summed E-state index contributed by atoms with van der Waals surface area (Å²) in [5.74, 6) is 0.912. The quantitative estimate of drug-likeness (QED) is 0.605. The van der Waals surface area contributed by atoms with Crippen LogP contribution in [0.25, 0.3) is 11.3 Å². The van der Waals surface area contributed by atoms with E-state index in [4.69, 9.17) is 0 Å². The average molecular weight is 402 g/mol. The number of nitrogens with zero attached hydrogens (tertiary/aromatic N) is 3. The van der Waals surface area contributed by atoms with Crippen molar-refractivity contribution in [2.45, 2.75) is 32.6 Å². The van der Waals surface area contributed by atoms with Gasteiger partial charge in [0.15, 0.2) is 5.82 Å². The first kappa shape index (κ1) is 19.9. The van der Waals surface area contributed by atoms with Crippen LogP contribution in [0.1, 0.15) is 31.7 Å². The topological polar surface area (TPSA) is 70.1 Å². The van der Waals surface area contributed by atoms with Gasteiger partial charge in [-0.3, -0.25) is 4.98 Å². The van der Waals surface area contributed by atoms with Crippen molar-refractivity contribution in [1.29, 1.82) is 0 Å². The summed E-state index contributed by atoms with van der Waals surface area (Å²) in [6.07, 6.45) is 8.01. The fourth-order valence-corrected chi connectivity index (χ4v) is 3.78. The number of urea groups is 1. The lowest BCUT2D eigenvalue weighted by atomic mass is 10.1. The summed E-state index contributed by atoms with van der Waals surface area (Å²) in [7, 11) is 0. The molecule has 2 aromatic carbocycles. The zero-order valence-corrected chi connectivity index (χ0v) is 17.3. The maximum absolute atomic E-state index is 12.5. The molecular weight excluding hydrogens is 374 g/mol. The van der Waals surface area contributed by atoms with Crippen LogP contribution in [0.5, 0.6) is 0 Å². The van der Waals surface area contributed by atoms with Crippen LogP contribution in [0.2, 0.25) is 0 Å². The molecule has 1 aliphatic heterocycles. The second kappa shape index (κ2) is 9.39. The largest absolute Gasteiger partial charge is 0.355 e. The Hall–Kier alpha value is -3.41. The molecule has 3 aromatic rings. The molecule has 0 atom stereocenters. The van der Waals surface area contributed by atoms with Gasteiger partial charge in [0.1, 0.15) is 5.69 Å². The van der Waals surface area contributed by atoms with Gasteiger partial charge in [-0.05, 0) is 55.5 Å². The Morgan fingerprint density at radius 2 is 1.63 bits per heavy atom. The van der Waals surface area contributed by atoms with Crippen molar-refractivity contribution in [3.05, 3.63) is 66.5 Å². The van der Waals surface area contributed by atoms with Gasteiger partial charge in [-0.25, -0.2) is 9.78 Å². The van der Waals surface area contributed by atoms with Crippen molar-refractivity contribution in [1.82, 2.24) is 9.97 Å². The highest BCUT2D eigenvalue weighted by molar-refractivity contribution is 6.00. The van der Waals surface area contributed by atoms with Crippen molar-refractivity contribution in [3.63, 3.8) is 0 Å². The lowest BCUT2D eigenvalue weighted by molar-refractivity contribution is 0.262. The first-order chi connectivity index (χ1) is 14.7. The molecule has 30 heavy (non-hydrogen) atoms. The fraction of sp³-hybridized carbons (Fsp3) is 0.292. The van der Waals surface area contributed by atoms with Crippen LogP contribution in [0.15, 0.2) is 60.9 Å². The highest BCUT2D eigenvalue weighted by Crippen LogP contribution is 2.30. The summed E-state index contributed by atoms with van der Waals surface area (Å²) in [6.45, 7) is 4.10. The predicted molar refractivity (Wildman–Crippen MR) is 122 cm³/mol. The van der Waals surface area contributed by atoms with Crippen LogP contribution in [-0.2, 0) is 6.42 Å². The van der Waals surface area contributed by atoms with Gasteiger partial charge in [-0.1, -0.05) is 31.2 Å². The molecule has 6 heteroatoms. The molecule has 154 valence electrons. The number of anilines is 3. The van der Waals surface area contributed by atoms with E-state index in [0.29, 0.717) is 5.69 Å². The molecule has 4 rings (SSSR count). The molecule has 0 bridgehead atoms. The van der Waals surface area contributed by atoms with E-state index in [9.17, 15) is 4.79 Å². The SMILES string of the molecule is CCc1cccc(NC(=O)Nc2cccc(-c3nccnc3N3CCCCC3)c2)c1. The number of hydrogen-bond acceptors (Lipinski definition) is 4. The Kier molecular flexibility index (Phi) is 6.23. The minimum Gasteiger partial charge on any atom is -0.355 e. The van der Waals surface area contributed by atoms with Gasteiger partial charge in [-0.2, -0.15) is 0 Å². The number of piperidine rings is 1. The van der Waals surface area contributed by atoms with Gasteiger partial charge >= 0.3 is 6.03 Å². The van der Waals surface area contributed by atoms with Crippen molar-refractivity contribution >= 4 is 23.2 Å². The van der Waals surface area contributed by atoms with Crippen LogP contribution in [0.4, 0.5) is 22.0 Å². The summed E-state index contributed by atoms with van der Waals surface area (Å²) in [6, 6.07) is 15.4. The lowest BCUT2D eigenvalue weighted by Gasteiger charge is -2.28. The van der Waals surface area contributed by atoms with Crippen molar-refractivity contribution < 1.29 is 4.79 Å². The van der Waals surface area contributed by atoms with Gasteiger partial charge in [0.25, 0.3) is 0 Å². The number of amides is 2. The van der Waals surface area contributed by atoms with E-state index < -0.39 is 0 Å². The molecule has 1 saturated heterocycles.